The molecule has 6 heteroatoms. The van der Waals surface area contributed by atoms with Gasteiger partial charge in [-0.25, -0.2) is 4.79 Å². The number of carbonyl (C=O) groups excluding carboxylic acids is 1. The minimum Gasteiger partial charge on any atom is -0.488 e. The Hall–Kier alpha value is -2.76. The fraction of sp³-hybridized carbons (Fsp3) is 0.429. The van der Waals surface area contributed by atoms with Crippen LogP contribution in [0, 0.1) is 6.92 Å². The van der Waals surface area contributed by atoms with Crippen molar-refractivity contribution >= 4 is 5.91 Å². The number of hydrogen-bond acceptors (Lipinski definition) is 5. The highest BCUT2D eigenvalue weighted by molar-refractivity contribution is 5.78. The Bertz CT molecular complexity index is 840. The molecule has 144 valence electrons. The SMILES string of the molecule is Cc1cc(OC2CCN(C(=O)COc3ccc(C(C)C)cc3)C2)cc(=O)o1. The van der Waals surface area contributed by atoms with Gasteiger partial charge in [0.2, 0.25) is 0 Å². The number of benzene rings is 1. The monoisotopic (exact) mass is 371 g/mol. The van der Waals surface area contributed by atoms with Crippen molar-refractivity contribution in [1.29, 1.82) is 0 Å². The predicted octanol–water partition coefficient (Wildman–Crippen LogP) is 3.13. The van der Waals surface area contributed by atoms with Crippen LogP contribution in [0.2, 0.25) is 0 Å². The van der Waals surface area contributed by atoms with Crippen molar-refractivity contribution in [2.45, 2.75) is 39.2 Å². The van der Waals surface area contributed by atoms with E-state index >= 15 is 0 Å². The lowest BCUT2D eigenvalue weighted by Gasteiger charge is -2.17. The third kappa shape index (κ3) is 5.12. The van der Waals surface area contributed by atoms with Crippen LogP contribution in [-0.4, -0.2) is 36.6 Å². The van der Waals surface area contributed by atoms with Crippen molar-refractivity contribution in [2.75, 3.05) is 19.7 Å². The second kappa shape index (κ2) is 8.29. The predicted molar refractivity (Wildman–Crippen MR) is 101 cm³/mol. The van der Waals surface area contributed by atoms with Gasteiger partial charge in [-0.2, -0.15) is 0 Å². The molecule has 0 bridgehead atoms. The van der Waals surface area contributed by atoms with Crippen LogP contribution in [0.5, 0.6) is 11.5 Å². The summed E-state index contributed by atoms with van der Waals surface area (Å²) in [5.74, 6) is 2.05. The summed E-state index contributed by atoms with van der Waals surface area (Å²) < 4.78 is 16.4. The zero-order valence-electron chi connectivity index (χ0n) is 15.9. The van der Waals surface area contributed by atoms with Gasteiger partial charge in [0.1, 0.15) is 23.4 Å². The summed E-state index contributed by atoms with van der Waals surface area (Å²) in [6, 6.07) is 10.8. The Morgan fingerprint density at radius 1 is 1.22 bits per heavy atom. The molecule has 0 radical (unpaired) electrons. The quantitative estimate of drug-likeness (QED) is 0.780. The number of nitrogens with zero attached hydrogens (tertiary/aromatic N) is 1. The summed E-state index contributed by atoms with van der Waals surface area (Å²) in [6.45, 7) is 7.06. The summed E-state index contributed by atoms with van der Waals surface area (Å²) in [6.07, 6.45) is 0.578. The maximum absolute atomic E-state index is 12.4. The van der Waals surface area contributed by atoms with Crippen molar-refractivity contribution < 1.29 is 18.7 Å². The van der Waals surface area contributed by atoms with Gasteiger partial charge >= 0.3 is 5.63 Å². The second-order valence-corrected chi connectivity index (χ2v) is 7.10. The molecule has 2 aromatic rings. The molecule has 6 nitrogen and oxygen atoms in total. The molecule has 3 rings (SSSR count). The molecule has 1 aliphatic rings. The topological polar surface area (TPSA) is 69.0 Å². The normalized spacial score (nSPS) is 16.6. The lowest BCUT2D eigenvalue weighted by molar-refractivity contribution is -0.132. The minimum atomic E-state index is -0.437. The highest BCUT2D eigenvalue weighted by atomic mass is 16.5. The van der Waals surface area contributed by atoms with Crippen LogP contribution >= 0.6 is 0 Å². The van der Waals surface area contributed by atoms with E-state index in [0.717, 1.165) is 0 Å². The molecule has 0 N–H and O–H groups in total. The fourth-order valence-corrected chi connectivity index (χ4v) is 3.07. The summed E-state index contributed by atoms with van der Waals surface area (Å²) in [7, 11) is 0. The van der Waals surface area contributed by atoms with Crippen LogP contribution in [0.3, 0.4) is 0 Å². The largest absolute Gasteiger partial charge is 0.488 e. The lowest BCUT2D eigenvalue weighted by Crippen LogP contribution is -2.34. The van der Waals surface area contributed by atoms with Crippen LogP contribution in [0.4, 0.5) is 0 Å². The van der Waals surface area contributed by atoms with Gasteiger partial charge in [0.05, 0.1) is 12.6 Å². The van der Waals surface area contributed by atoms with Gasteiger partial charge in [0.25, 0.3) is 5.91 Å². The van der Waals surface area contributed by atoms with Gasteiger partial charge in [-0.15, -0.1) is 0 Å². The second-order valence-electron chi connectivity index (χ2n) is 7.10. The Labute approximate surface area is 158 Å². The summed E-state index contributed by atoms with van der Waals surface area (Å²) >= 11 is 0. The number of rotatable bonds is 6. The molecule has 27 heavy (non-hydrogen) atoms. The summed E-state index contributed by atoms with van der Waals surface area (Å²) in [5, 5.41) is 0. The molecule has 1 aromatic heterocycles. The van der Waals surface area contributed by atoms with Gasteiger partial charge < -0.3 is 18.8 Å². The molecule has 1 amide bonds. The van der Waals surface area contributed by atoms with Crippen molar-refractivity contribution in [1.82, 2.24) is 4.90 Å². The third-order valence-corrected chi connectivity index (χ3v) is 4.58. The van der Waals surface area contributed by atoms with Crippen molar-refractivity contribution in [3.63, 3.8) is 0 Å². The van der Waals surface area contributed by atoms with E-state index < -0.39 is 5.63 Å². The minimum absolute atomic E-state index is 0.00176. The number of hydrogen-bond donors (Lipinski definition) is 0. The van der Waals surface area contributed by atoms with E-state index in [2.05, 4.69) is 13.8 Å². The summed E-state index contributed by atoms with van der Waals surface area (Å²) in [4.78, 5) is 25.5. The van der Waals surface area contributed by atoms with E-state index in [0.29, 0.717) is 42.7 Å². The lowest BCUT2D eigenvalue weighted by atomic mass is 10.0. The Kier molecular flexibility index (Phi) is 5.84. The highest BCUT2D eigenvalue weighted by Gasteiger charge is 2.28. The first-order valence-corrected chi connectivity index (χ1v) is 9.19. The Morgan fingerprint density at radius 2 is 1.96 bits per heavy atom. The maximum Gasteiger partial charge on any atom is 0.339 e. The number of carbonyl (C=O) groups is 1. The van der Waals surface area contributed by atoms with E-state index in [1.54, 1.807) is 17.9 Å². The van der Waals surface area contributed by atoms with Gasteiger partial charge in [0, 0.05) is 19.0 Å². The van der Waals surface area contributed by atoms with Crippen LogP contribution in [0.25, 0.3) is 0 Å². The fourth-order valence-electron chi connectivity index (χ4n) is 3.07. The molecule has 1 fully saturated rings. The molecule has 2 heterocycles. The molecule has 0 saturated carbocycles. The van der Waals surface area contributed by atoms with Gasteiger partial charge in [-0.05, 0) is 30.5 Å². The van der Waals surface area contributed by atoms with E-state index in [-0.39, 0.29) is 18.6 Å². The molecule has 1 aromatic carbocycles. The Morgan fingerprint density at radius 3 is 2.63 bits per heavy atom. The van der Waals surface area contributed by atoms with E-state index in [4.69, 9.17) is 13.9 Å². The van der Waals surface area contributed by atoms with Gasteiger partial charge in [-0.1, -0.05) is 26.0 Å². The van der Waals surface area contributed by atoms with Crippen molar-refractivity contribution in [2.24, 2.45) is 0 Å². The van der Waals surface area contributed by atoms with E-state index in [9.17, 15) is 9.59 Å². The maximum atomic E-state index is 12.4. The molecule has 1 saturated heterocycles. The number of likely N-dealkylation sites (tertiary alicyclic amines) is 1. The molecular formula is C21H25NO5. The standard InChI is InChI=1S/C21H25NO5/c1-14(2)16-4-6-17(7-5-16)25-13-20(23)22-9-8-18(12-22)27-19-10-15(3)26-21(24)11-19/h4-7,10-11,14,18H,8-9,12-13H2,1-3H3. The van der Waals surface area contributed by atoms with E-state index in [1.807, 2.05) is 24.3 Å². The zero-order valence-corrected chi connectivity index (χ0v) is 15.9. The first kappa shape index (κ1) is 19.0. The van der Waals surface area contributed by atoms with E-state index in [1.165, 1.54) is 11.6 Å². The average molecular weight is 371 g/mol. The van der Waals surface area contributed by atoms with Crippen LogP contribution in [0.1, 0.15) is 37.5 Å². The summed E-state index contributed by atoms with van der Waals surface area (Å²) in [5.41, 5.74) is 0.797. The Balaban J connectivity index is 1.49. The number of amides is 1. The van der Waals surface area contributed by atoms with Gasteiger partial charge in [-0.3, -0.25) is 4.79 Å². The highest BCUT2D eigenvalue weighted by Crippen LogP contribution is 2.20. The van der Waals surface area contributed by atoms with Crippen molar-refractivity contribution in [3.05, 3.63) is 58.1 Å². The van der Waals surface area contributed by atoms with Crippen LogP contribution in [0.15, 0.2) is 45.6 Å². The first-order chi connectivity index (χ1) is 12.9. The smallest absolute Gasteiger partial charge is 0.339 e. The first-order valence-electron chi connectivity index (χ1n) is 9.19. The molecule has 1 unspecified atom stereocenters. The third-order valence-electron chi connectivity index (χ3n) is 4.58. The molecular weight excluding hydrogens is 346 g/mol. The molecule has 0 aliphatic carbocycles. The zero-order chi connectivity index (χ0) is 19.4. The van der Waals surface area contributed by atoms with Crippen LogP contribution < -0.4 is 15.1 Å². The number of aryl methyl sites for hydroxylation is 1. The molecule has 0 spiro atoms. The van der Waals surface area contributed by atoms with Gasteiger partial charge in [0.15, 0.2) is 6.61 Å². The van der Waals surface area contributed by atoms with Crippen molar-refractivity contribution in [3.8, 4) is 11.5 Å². The molecule has 1 atom stereocenters. The van der Waals surface area contributed by atoms with Crippen LogP contribution in [-0.2, 0) is 4.79 Å². The molecule has 1 aliphatic heterocycles. The number of ether oxygens (including phenoxy) is 2. The average Bonchev–Trinajstić information content (AvgIpc) is 3.07.